The summed E-state index contributed by atoms with van der Waals surface area (Å²) in [6.07, 6.45) is 1.69. The number of nitrogens with one attached hydrogen (secondary N) is 1. The molecule has 27 heavy (non-hydrogen) atoms. The van der Waals surface area contributed by atoms with Crippen molar-refractivity contribution >= 4 is 8.32 Å². The van der Waals surface area contributed by atoms with E-state index in [4.69, 9.17) is 9.16 Å². The summed E-state index contributed by atoms with van der Waals surface area (Å²) >= 11 is 0. The van der Waals surface area contributed by atoms with Gasteiger partial charge in [0.2, 0.25) is 0 Å². The summed E-state index contributed by atoms with van der Waals surface area (Å²) in [6, 6.07) is 0. The largest absolute Gasteiger partial charge is 0.411 e. The molecule has 0 saturated carbocycles. The maximum atomic E-state index is 12.2. The Morgan fingerprint density at radius 3 is 2.67 bits per heavy atom. The third kappa shape index (κ3) is 4.68. The van der Waals surface area contributed by atoms with Crippen LogP contribution in [0.25, 0.3) is 0 Å². The lowest BCUT2D eigenvalue weighted by Gasteiger charge is -2.41. The van der Waals surface area contributed by atoms with Crippen LogP contribution < -0.4 is 11.2 Å². The van der Waals surface area contributed by atoms with E-state index in [-0.39, 0.29) is 17.6 Å². The fourth-order valence-electron chi connectivity index (χ4n) is 2.95. The number of aryl methyl sites for hydroxylation is 1. The van der Waals surface area contributed by atoms with Crippen LogP contribution in [0, 0.1) is 6.92 Å². The molecule has 1 saturated heterocycles. The first-order valence-corrected chi connectivity index (χ1v) is 12.2. The van der Waals surface area contributed by atoms with Gasteiger partial charge in [-0.2, -0.15) is 0 Å². The highest BCUT2D eigenvalue weighted by molar-refractivity contribution is 6.74. The molecule has 2 N–H and O–H groups in total. The van der Waals surface area contributed by atoms with Gasteiger partial charge in [-0.15, -0.1) is 6.58 Å². The maximum absolute atomic E-state index is 12.2. The lowest BCUT2D eigenvalue weighted by molar-refractivity contribution is -0.0774. The highest BCUT2D eigenvalue weighted by atomic mass is 28.4. The van der Waals surface area contributed by atoms with Gasteiger partial charge in [0.05, 0.1) is 12.2 Å². The van der Waals surface area contributed by atoms with Gasteiger partial charge in [0, 0.05) is 18.2 Å². The Kier molecular flexibility index (Phi) is 6.36. The van der Waals surface area contributed by atoms with Gasteiger partial charge >= 0.3 is 5.69 Å². The van der Waals surface area contributed by atoms with E-state index < -0.39 is 38.0 Å². The highest BCUT2D eigenvalue weighted by Gasteiger charge is 2.45. The minimum absolute atomic E-state index is 0.0162. The molecule has 0 unspecified atom stereocenters. The number of rotatable bonds is 6. The Morgan fingerprint density at radius 1 is 1.48 bits per heavy atom. The molecule has 7 nitrogen and oxygen atoms in total. The molecule has 0 spiro atoms. The van der Waals surface area contributed by atoms with E-state index in [1.165, 1.54) is 10.8 Å². The Morgan fingerprint density at radius 2 is 2.11 bits per heavy atom. The quantitative estimate of drug-likeness (QED) is 0.569. The maximum Gasteiger partial charge on any atom is 0.330 e. The molecule has 1 fully saturated rings. The van der Waals surface area contributed by atoms with Crippen LogP contribution in [0.4, 0.5) is 0 Å². The van der Waals surface area contributed by atoms with Crippen molar-refractivity contribution < 1.29 is 14.3 Å². The Bertz CT molecular complexity index is 793. The zero-order valence-corrected chi connectivity index (χ0v) is 18.1. The monoisotopic (exact) mass is 396 g/mol. The fourth-order valence-corrected chi connectivity index (χ4v) is 4.29. The summed E-state index contributed by atoms with van der Waals surface area (Å²) in [5, 5.41) is 10.6. The summed E-state index contributed by atoms with van der Waals surface area (Å²) in [6.45, 7) is 16.2. The number of aliphatic hydroxyl groups excluding tert-OH is 1. The van der Waals surface area contributed by atoms with E-state index in [1.807, 2.05) is 0 Å². The van der Waals surface area contributed by atoms with Crippen LogP contribution in [-0.4, -0.2) is 41.3 Å². The zero-order chi connectivity index (χ0) is 20.6. The molecule has 1 aliphatic rings. The smallest absolute Gasteiger partial charge is 0.330 e. The number of nitrogens with zero attached hydrogens (tertiary/aromatic N) is 1. The topological polar surface area (TPSA) is 93.5 Å². The van der Waals surface area contributed by atoms with Crippen molar-refractivity contribution in [2.45, 2.75) is 83.2 Å². The van der Waals surface area contributed by atoms with E-state index in [0.29, 0.717) is 12.0 Å². The van der Waals surface area contributed by atoms with Crippen molar-refractivity contribution in [3.05, 3.63) is 45.3 Å². The Labute approximate surface area is 161 Å². The van der Waals surface area contributed by atoms with Gasteiger partial charge in [-0.05, 0) is 31.5 Å². The fraction of sp³-hybridized carbons (Fsp3) is 0.684. The molecule has 1 aliphatic heterocycles. The molecule has 0 amide bonds. The van der Waals surface area contributed by atoms with Gasteiger partial charge < -0.3 is 14.3 Å². The van der Waals surface area contributed by atoms with Gasteiger partial charge in [-0.1, -0.05) is 26.8 Å². The first-order valence-electron chi connectivity index (χ1n) is 9.31. The molecule has 0 aromatic carbocycles. The molecule has 0 bridgehead atoms. The van der Waals surface area contributed by atoms with Crippen LogP contribution in [0.5, 0.6) is 0 Å². The number of aliphatic hydroxyl groups is 1. The minimum atomic E-state index is -2.09. The number of aromatic amines is 1. The van der Waals surface area contributed by atoms with Crippen molar-refractivity contribution in [3.63, 3.8) is 0 Å². The molecular formula is C19H32N2O5Si. The molecule has 0 aliphatic carbocycles. The number of hydrogen-bond acceptors (Lipinski definition) is 5. The van der Waals surface area contributed by atoms with Crippen molar-refractivity contribution in [1.29, 1.82) is 0 Å². The highest BCUT2D eigenvalue weighted by Crippen LogP contribution is 2.40. The molecule has 0 radical (unpaired) electrons. The Balaban J connectivity index is 2.27. The second kappa shape index (κ2) is 7.87. The van der Waals surface area contributed by atoms with Crippen LogP contribution in [0.1, 0.15) is 45.4 Å². The van der Waals surface area contributed by atoms with E-state index in [0.717, 1.165) is 0 Å². The molecule has 4 atom stereocenters. The summed E-state index contributed by atoms with van der Waals surface area (Å²) in [4.78, 5) is 26.0. The predicted molar refractivity (Wildman–Crippen MR) is 107 cm³/mol. The number of hydrogen-bond donors (Lipinski definition) is 2. The first-order chi connectivity index (χ1) is 12.4. The molecule has 2 rings (SSSR count). The van der Waals surface area contributed by atoms with E-state index in [1.54, 1.807) is 13.0 Å². The minimum Gasteiger partial charge on any atom is -0.411 e. The summed E-state index contributed by atoms with van der Waals surface area (Å²) in [5.41, 5.74) is -0.553. The van der Waals surface area contributed by atoms with Crippen molar-refractivity contribution in [3.8, 4) is 0 Å². The zero-order valence-electron chi connectivity index (χ0n) is 17.1. The average molecular weight is 397 g/mol. The van der Waals surface area contributed by atoms with Crippen LogP contribution in [0.2, 0.25) is 18.1 Å². The average Bonchev–Trinajstić information content (AvgIpc) is 2.90. The van der Waals surface area contributed by atoms with E-state index >= 15 is 0 Å². The Hall–Kier alpha value is -1.48. The van der Waals surface area contributed by atoms with Gasteiger partial charge in [0.25, 0.3) is 5.56 Å². The predicted octanol–water partition coefficient (Wildman–Crippen LogP) is 2.46. The van der Waals surface area contributed by atoms with E-state index in [2.05, 4.69) is 45.4 Å². The van der Waals surface area contributed by atoms with E-state index in [9.17, 15) is 14.7 Å². The standard InChI is InChI=1S/C19H32N2O5Si/c1-8-9-14(26-27(6,7)19(3,4)5)16-13(22)10-15(25-16)21-11-12(2)17(23)20-18(21)24/h8,11,13-16,22H,1,9-10H2,2-7H3,(H,20,23,24)/t13-,14-,15+,16-/m0/s1. The molecular weight excluding hydrogens is 364 g/mol. The van der Waals surface area contributed by atoms with Crippen LogP contribution in [0.15, 0.2) is 28.4 Å². The van der Waals surface area contributed by atoms with Crippen LogP contribution in [0.3, 0.4) is 0 Å². The lowest BCUT2D eigenvalue weighted by atomic mass is 10.1. The SMILES string of the molecule is C=CC[C@H](O[Si](C)(C)C(C)(C)C)[C@H]1O[C@@H](n2cc(C)c(=O)[nH]c2=O)C[C@@H]1O. The summed E-state index contributed by atoms with van der Waals surface area (Å²) < 4.78 is 13.9. The van der Waals surface area contributed by atoms with Gasteiger partial charge in [-0.25, -0.2) is 4.79 Å². The molecule has 152 valence electrons. The van der Waals surface area contributed by atoms with Crippen LogP contribution >= 0.6 is 0 Å². The second-order valence-corrected chi connectivity index (χ2v) is 13.5. The molecule has 8 heteroatoms. The van der Waals surface area contributed by atoms with Gasteiger partial charge in [-0.3, -0.25) is 14.3 Å². The number of aromatic nitrogens is 2. The van der Waals surface area contributed by atoms with Crippen molar-refractivity contribution in [2.75, 3.05) is 0 Å². The number of H-pyrrole nitrogens is 1. The number of ether oxygens (including phenoxy) is 1. The summed E-state index contributed by atoms with van der Waals surface area (Å²) in [5.74, 6) is 0. The third-order valence-electron chi connectivity index (χ3n) is 5.61. The first kappa shape index (κ1) is 21.8. The van der Waals surface area contributed by atoms with Crippen molar-refractivity contribution in [2.24, 2.45) is 0 Å². The summed E-state index contributed by atoms with van der Waals surface area (Å²) in [7, 11) is -2.09. The van der Waals surface area contributed by atoms with Crippen LogP contribution in [-0.2, 0) is 9.16 Å². The molecule has 1 aromatic heterocycles. The van der Waals surface area contributed by atoms with Crippen molar-refractivity contribution in [1.82, 2.24) is 9.55 Å². The normalized spacial score (nSPS) is 24.8. The lowest BCUT2D eigenvalue weighted by Crippen LogP contribution is -2.49. The molecule has 2 heterocycles. The second-order valence-electron chi connectivity index (χ2n) is 8.78. The third-order valence-corrected chi connectivity index (χ3v) is 10.1. The molecule has 1 aromatic rings. The van der Waals surface area contributed by atoms with Gasteiger partial charge in [0.1, 0.15) is 12.3 Å². The van der Waals surface area contributed by atoms with Gasteiger partial charge in [0.15, 0.2) is 8.32 Å².